The Labute approximate surface area is 76.8 Å². The standard InChI is InChI=1S/C11H21N/c1-7-8-9(2)10(3)11(4)12(5)6/h8H,7H2,1-6H3/b9-8+,11-10-. The van der Waals surface area contributed by atoms with Gasteiger partial charge in [-0.15, -0.1) is 0 Å². The van der Waals surface area contributed by atoms with Crippen molar-refractivity contribution in [2.75, 3.05) is 14.1 Å². The van der Waals surface area contributed by atoms with Crippen molar-refractivity contribution in [2.24, 2.45) is 0 Å². The van der Waals surface area contributed by atoms with Crippen molar-refractivity contribution in [2.45, 2.75) is 34.1 Å². The summed E-state index contributed by atoms with van der Waals surface area (Å²) in [6, 6.07) is 0. The van der Waals surface area contributed by atoms with Gasteiger partial charge in [0.25, 0.3) is 0 Å². The van der Waals surface area contributed by atoms with Crippen LogP contribution in [0.2, 0.25) is 0 Å². The van der Waals surface area contributed by atoms with Crippen LogP contribution in [-0.4, -0.2) is 19.0 Å². The average Bonchev–Trinajstić information content (AvgIpc) is 2.02. The summed E-state index contributed by atoms with van der Waals surface area (Å²) in [5.41, 5.74) is 4.13. The average molecular weight is 167 g/mol. The molecule has 0 radical (unpaired) electrons. The van der Waals surface area contributed by atoms with Gasteiger partial charge < -0.3 is 4.90 Å². The third-order valence-corrected chi connectivity index (χ3v) is 2.32. The first-order valence-corrected chi connectivity index (χ1v) is 4.52. The van der Waals surface area contributed by atoms with Gasteiger partial charge in [0, 0.05) is 19.8 Å². The van der Waals surface area contributed by atoms with E-state index in [0.29, 0.717) is 0 Å². The van der Waals surface area contributed by atoms with Gasteiger partial charge in [-0.1, -0.05) is 18.6 Å². The number of hydrogen-bond donors (Lipinski definition) is 0. The molecular formula is C11H21N. The number of rotatable bonds is 3. The molecule has 0 saturated heterocycles. The van der Waals surface area contributed by atoms with E-state index in [1.165, 1.54) is 16.8 Å². The summed E-state index contributed by atoms with van der Waals surface area (Å²) in [4.78, 5) is 2.16. The van der Waals surface area contributed by atoms with Crippen molar-refractivity contribution in [3.8, 4) is 0 Å². The van der Waals surface area contributed by atoms with E-state index in [0.717, 1.165) is 6.42 Å². The molecule has 0 unspecified atom stereocenters. The van der Waals surface area contributed by atoms with E-state index in [9.17, 15) is 0 Å². The van der Waals surface area contributed by atoms with Crippen LogP contribution in [0.1, 0.15) is 34.1 Å². The van der Waals surface area contributed by atoms with E-state index in [4.69, 9.17) is 0 Å². The van der Waals surface area contributed by atoms with E-state index < -0.39 is 0 Å². The zero-order chi connectivity index (χ0) is 9.72. The Balaban J connectivity index is 4.66. The summed E-state index contributed by atoms with van der Waals surface area (Å²) < 4.78 is 0. The Kier molecular flexibility index (Phi) is 4.72. The van der Waals surface area contributed by atoms with Crippen LogP contribution in [0.5, 0.6) is 0 Å². The first-order valence-electron chi connectivity index (χ1n) is 4.52. The summed E-state index contributed by atoms with van der Waals surface area (Å²) >= 11 is 0. The second-order valence-corrected chi connectivity index (χ2v) is 3.40. The van der Waals surface area contributed by atoms with Crippen LogP contribution in [0, 0.1) is 0 Å². The molecule has 0 atom stereocenters. The molecule has 0 saturated carbocycles. The van der Waals surface area contributed by atoms with Crippen molar-refractivity contribution in [3.05, 3.63) is 22.9 Å². The topological polar surface area (TPSA) is 3.24 Å². The normalized spacial score (nSPS) is 14.3. The lowest BCUT2D eigenvalue weighted by atomic mass is 10.1. The van der Waals surface area contributed by atoms with Crippen LogP contribution in [0.25, 0.3) is 0 Å². The van der Waals surface area contributed by atoms with Gasteiger partial charge in [0.2, 0.25) is 0 Å². The fourth-order valence-corrected chi connectivity index (χ4v) is 1.08. The van der Waals surface area contributed by atoms with Crippen LogP contribution in [-0.2, 0) is 0 Å². The molecule has 0 heterocycles. The Morgan fingerprint density at radius 2 is 1.67 bits per heavy atom. The third kappa shape index (κ3) is 3.12. The van der Waals surface area contributed by atoms with Crippen LogP contribution >= 0.6 is 0 Å². The minimum Gasteiger partial charge on any atom is -0.381 e. The molecule has 0 bridgehead atoms. The quantitative estimate of drug-likeness (QED) is 0.583. The van der Waals surface area contributed by atoms with Gasteiger partial charge >= 0.3 is 0 Å². The molecule has 0 N–H and O–H groups in total. The Hall–Kier alpha value is -0.720. The highest BCUT2D eigenvalue weighted by atomic mass is 15.1. The van der Waals surface area contributed by atoms with E-state index in [2.05, 4.69) is 52.8 Å². The van der Waals surface area contributed by atoms with Crippen LogP contribution in [0.4, 0.5) is 0 Å². The summed E-state index contributed by atoms with van der Waals surface area (Å²) in [5, 5.41) is 0. The maximum Gasteiger partial charge on any atom is 0.0128 e. The summed E-state index contributed by atoms with van der Waals surface area (Å²) in [6.45, 7) is 8.67. The molecular weight excluding hydrogens is 146 g/mol. The maximum absolute atomic E-state index is 2.27. The van der Waals surface area contributed by atoms with Crippen molar-refractivity contribution in [3.63, 3.8) is 0 Å². The van der Waals surface area contributed by atoms with Crippen molar-refractivity contribution in [1.82, 2.24) is 4.90 Å². The Morgan fingerprint density at radius 3 is 2.00 bits per heavy atom. The third-order valence-electron chi connectivity index (χ3n) is 2.32. The lowest BCUT2D eigenvalue weighted by Gasteiger charge is -2.16. The van der Waals surface area contributed by atoms with Gasteiger partial charge in [-0.2, -0.15) is 0 Å². The molecule has 0 aliphatic carbocycles. The van der Waals surface area contributed by atoms with Crippen LogP contribution in [0.3, 0.4) is 0 Å². The molecule has 0 aromatic heterocycles. The van der Waals surface area contributed by atoms with E-state index in [1.54, 1.807) is 0 Å². The van der Waals surface area contributed by atoms with Crippen molar-refractivity contribution in [1.29, 1.82) is 0 Å². The van der Waals surface area contributed by atoms with Gasteiger partial charge in [0.05, 0.1) is 0 Å². The molecule has 0 aromatic carbocycles. The Bertz CT molecular complexity index is 197. The lowest BCUT2D eigenvalue weighted by molar-refractivity contribution is 0.508. The molecule has 0 fully saturated rings. The predicted molar refractivity (Wildman–Crippen MR) is 56.1 cm³/mol. The number of hydrogen-bond acceptors (Lipinski definition) is 1. The van der Waals surface area contributed by atoms with Gasteiger partial charge in [-0.05, 0) is 32.8 Å². The maximum atomic E-state index is 2.27. The molecule has 0 rings (SSSR count). The predicted octanol–water partition coefficient (Wildman–Crippen LogP) is 3.20. The molecule has 70 valence electrons. The van der Waals surface area contributed by atoms with Crippen LogP contribution in [0.15, 0.2) is 22.9 Å². The second kappa shape index (κ2) is 5.02. The first kappa shape index (κ1) is 11.3. The molecule has 1 nitrogen and oxygen atoms in total. The smallest absolute Gasteiger partial charge is 0.0128 e. The number of nitrogens with zero attached hydrogens (tertiary/aromatic N) is 1. The van der Waals surface area contributed by atoms with E-state index in [-0.39, 0.29) is 0 Å². The van der Waals surface area contributed by atoms with Crippen molar-refractivity contribution < 1.29 is 0 Å². The Morgan fingerprint density at radius 1 is 1.17 bits per heavy atom. The van der Waals surface area contributed by atoms with Gasteiger partial charge in [0.15, 0.2) is 0 Å². The summed E-state index contributed by atoms with van der Waals surface area (Å²) in [5.74, 6) is 0. The second-order valence-electron chi connectivity index (χ2n) is 3.40. The van der Waals surface area contributed by atoms with E-state index >= 15 is 0 Å². The molecule has 0 amide bonds. The minimum atomic E-state index is 1.11. The molecule has 0 spiro atoms. The molecule has 12 heavy (non-hydrogen) atoms. The fraction of sp³-hybridized carbons (Fsp3) is 0.636. The van der Waals surface area contributed by atoms with Gasteiger partial charge in [-0.25, -0.2) is 0 Å². The molecule has 0 aliphatic rings. The van der Waals surface area contributed by atoms with Crippen LogP contribution < -0.4 is 0 Å². The number of allylic oxidation sites excluding steroid dienone is 4. The minimum absolute atomic E-state index is 1.11. The van der Waals surface area contributed by atoms with E-state index in [1.807, 2.05) is 0 Å². The fourth-order valence-electron chi connectivity index (χ4n) is 1.08. The lowest BCUT2D eigenvalue weighted by Crippen LogP contribution is -2.10. The summed E-state index contributed by atoms with van der Waals surface area (Å²) in [6.07, 6.45) is 3.38. The highest BCUT2D eigenvalue weighted by Gasteiger charge is 1.99. The highest BCUT2D eigenvalue weighted by Crippen LogP contribution is 2.15. The summed E-state index contributed by atoms with van der Waals surface area (Å²) in [7, 11) is 4.16. The highest BCUT2D eigenvalue weighted by molar-refractivity contribution is 5.30. The van der Waals surface area contributed by atoms with Gasteiger partial charge in [-0.3, -0.25) is 0 Å². The zero-order valence-electron chi connectivity index (χ0n) is 9.23. The van der Waals surface area contributed by atoms with Crippen molar-refractivity contribution >= 4 is 0 Å². The first-order chi connectivity index (χ1) is 5.50. The monoisotopic (exact) mass is 167 g/mol. The van der Waals surface area contributed by atoms with Gasteiger partial charge in [0.1, 0.15) is 0 Å². The SMILES string of the molecule is CC/C=C(C)/C(C)=C(/C)N(C)C. The largest absolute Gasteiger partial charge is 0.381 e. The molecule has 0 aliphatic heterocycles. The zero-order valence-corrected chi connectivity index (χ0v) is 9.23. The molecule has 1 heteroatoms. The molecule has 0 aromatic rings.